The third-order valence-electron chi connectivity index (χ3n) is 4.81. The van der Waals surface area contributed by atoms with E-state index in [4.69, 9.17) is 16.3 Å². The molecule has 2 fully saturated rings. The molecule has 8 heteroatoms. The summed E-state index contributed by atoms with van der Waals surface area (Å²) in [7, 11) is 0. The van der Waals surface area contributed by atoms with E-state index in [0.29, 0.717) is 18.0 Å². The first kappa shape index (κ1) is 18.9. The number of rotatable bonds is 2. The Morgan fingerprint density at radius 3 is 2.65 bits per heavy atom. The van der Waals surface area contributed by atoms with Crippen LogP contribution in [-0.4, -0.2) is 53.4 Å². The predicted octanol–water partition coefficient (Wildman–Crippen LogP) is 3.81. The number of likely N-dealkylation sites (tertiary alicyclic amines) is 2. The van der Waals surface area contributed by atoms with Crippen LogP contribution in [0.3, 0.4) is 0 Å². The van der Waals surface area contributed by atoms with Crippen molar-refractivity contribution in [3.63, 3.8) is 0 Å². The van der Waals surface area contributed by atoms with Gasteiger partial charge in [0.05, 0.1) is 12.6 Å². The Morgan fingerprint density at radius 1 is 1.31 bits per heavy atom. The molecule has 2 heterocycles. The number of carbonyl (C=O) groups excluding carboxylic acids is 2. The molecule has 2 saturated heterocycles. The number of benzene rings is 1. The second-order valence-electron chi connectivity index (χ2n) is 7.10. The number of alkyl halides is 2. The van der Waals surface area contributed by atoms with Gasteiger partial charge in [0.25, 0.3) is 5.92 Å². The third-order valence-corrected chi connectivity index (χ3v) is 5.06. The highest BCUT2D eigenvalue weighted by Gasteiger charge is 2.46. The van der Waals surface area contributed by atoms with Crippen LogP contribution in [-0.2, 0) is 4.79 Å². The summed E-state index contributed by atoms with van der Waals surface area (Å²) >= 11 is 5.78. The van der Waals surface area contributed by atoms with E-state index >= 15 is 0 Å². The first-order valence-corrected chi connectivity index (χ1v) is 9.01. The number of halogens is 3. The Morgan fingerprint density at radius 2 is 2.00 bits per heavy atom. The highest BCUT2D eigenvalue weighted by atomic mass is 35.5. The SMILES string of the molecule is CC1CCN([C@H]2CN(C(=O)Oc3ccc(Cl)cc3)CC(F)(F)C2)C(=O)C1. The largest absolute Gasteiger partial charge is 0.415 e. The topological polar surface area (TPSA) is 49.9 Å². The van der Waals surface area contributed by atoms with Gasteiger partial charge in [-0.15, -0.1) is 0 Å². The van der Waals surface area contributed by atoms with E-state index in [1.165, 1.54) is 17.0 Å². The molecule has 0 saturated carbocycles. The lowest BCUT2D eigenvalue weighted by Crippen LogP contribution is -2.59. The lowest BCUT2D eigenvalue weighted by atomic mass is 9.94. The van der Waals surface area contributed by atoms with Crippen LogP contribution in [0.1, 0.15) is 26.2 Å². The average molecular weight is 387 g/mol. The van der Waals surface area contributed by atoms with E-state index in [0.717, 1.165) is 11.3 Å². The van der Waals surface area contributed by atoms with Gasteiger partial charge >= 0.3 is 6.09 Å². The Bertz CT molecular complexity index is 684. The van der Waals surface area contributed by atoms with Crippen molar-refractivity contribution in [2.24, 2.45) is 5.92 Å². The molecule has 2 aliphatic heterocycles. The van der Waals surface area contributed by atoms with Gasteiger partial charge in [0.1, 0.15) is 5.75 Å². The quantitative estimate of drug-likeness (QED) is 0.776. The van der Waals surface area contributed by atoms with E-state index in [-0.39, 0.29) is 24.1 Å². The predicted molar refractivity (Wildman–Crippen MR) is 92.5 cm³/mol. The minimum atomic E-state index is -3.06. The van der Waals surface area contributed by atoms with Crippen molar-refractivity contribution in [2.45, 2.75) is 38.2 Å². The normalized spacial score (nSPS) is 25.9. The minimum Gasteiger partial charge on any atom is -0.410 e. The molecular formula is C18H21ClF2N2O3. The minimum absolute atomic E-state index is 0.0438. The van der Waals surface area contributed by atoms with Gasteiger partial charge in [0.15, 0.2) is 0 Å². The second kappa shape index (κ2) is 7.39. The Labute approximate surface area is 155 Å². The maximum absolute atomic E-state index is 14.2. The molecule has 0 aliphatic carbocycles. The molecule has 5 nitrogen and oxygen atoms in total. The Hall–Kier alpha value is -1.89. The van der Waals surface area contributed by atoms with Crippen LogP contribution in [0.4, 0.5) is 13.6 Å². The van der Waals surface area contributed by atoms with Crippen molar-refractivity contribution in [3.05, 3.63) is 29.3 Å². The first-order chi connectivity index (χ1) is 12.2. The van der Waals surface area contributed by atoms with Gasteiger partial charge in [0, 0.05) is 31.0 Å². The molecular weight excluding hydrogens is 366 g/mol. The second-order valence-corrected chi connectivity index (χ2v) is 7.54. The average Bonchev–Trinajstić information content (AvgIpc) is 2.55. The van der Waals surface area contributed by atoms with Crippen molar-refractivity contribution in [2.75, 3.05) is 19.6 Å². The lowest BCUT2D eigenvalue weighted by Gasteiger charge is -2.44. The molecule has 0 N–H and O–H groups in total. The molecule has 0 aromatic heterocycles. The van der Waals surface area contributed by atoms with E-state index in [9.17, 15) is 18.4 Å². The zero-order chi connectivity index (χ0) is 18.9. The number of piperidine rings is 2. The maximum Gasteiger partial charge on any atom is 0.415 e. The molecule has 26 heavy (non-hydrogen) atoms. The summed E-state index contributed by atoms with van der Waals surface area (Å²) in [5.41, 5.74) is 0. The van der Waals surface area contributed by atoms with Gasteiger partial charge in [-0.3, -0.25) is 9.69 Å². The van der Waals surface area contributed by atoms with Crippen LogP contribution >= 0.6 is 11.6 Å². The molecule has 0 bridgehead atoms. The number of nitrogens with zero attached hydrogens (tertiary/aromatic N) is 2. The molecule has 2 atom stereocenters. The molecule has 0 spiro atoms. The first-order valence-electron chi connectivity index (χ1n) is 8.63. The van der Waals surface area contributed by atoms with Gasteiger partial charge in [0.2, 0.25) is 5.91 Å². The van der Waals surface area contributed by atoms with Crippen molar-refractivity contribution in [3.8, 4) is 5.75 Å². The number of carbonyl (C=O) groups is 2. The van der Waals surface area contributed by atoms with Crippen molar-refractivity contribution < 1.29 is 23.1 Å². The number of ether oxygens (including phenoxy) is 1. The summed E-state index contributed by atoms with van der Waals surface area (Å²) in [6, 6.07) is 5.39. The smallest absolute Gasteiger partial charge is 0.410 e. The van der Waals surface area contributed by atoms with Crippen LogP contribution in [0, 0.1) is 5.92 Å². The van der Waals surface area contributed by atoms with E-state index in [1.807, 2.05) is 6.92 Å². The molecule has 2 amide bonds. The lowest BCUT2D eigenvalue weighted by molar-refractivity contribution is -0.144. The summed E-state index contributed by atoms with van der Waals surface area (Å²) in [4.78, 5) is 27.1. The van der Waals surface area contributed by atoms with Gasteiger partial charge in [-0.25, -0.2) is 13.6 Å². The van der Waals surface area contributed by atoms with E-state index in [2.05, 4.69) is 0 Å². The third kappa shape index (κ3) is 4.44. The van der Waals surface area contributed by atoms with Crippen LogP contribution in [0.2, 0.25) is 5.02 Å². The molecule has 0 radical (unpaired) electrons. The molecule has 2 aliphatic rings. The highest BCUT2D eigenvalue weighted by Crippen LogP contribution is 2.32. The fraction of sp³-hybridized carbons (Fsp3) is 0.556. The Balaban J connectivity index is 1.70. The number of hydrogen-bond acceptors (Lipinski definition) is 3. The van der Waals surface area contributed by atoms with Gasteiger partial charge in [-0.05, 0) is 36.6 Å². The van der Waals surface area contributed by atoms with Gasteiger partial charge < -0.3 is 9.64 Å². The summed E-state index contributed by atoms with van der Waals surface area (Å²) < 4.78 is 33.6. The van der Waals surface area contributed by atoms with Gasteiger partial charge in [-0.1, -0.05) is 18.5 Å². The molecule has 1 aromatic rings. The highest BCUT2D eigenvalue weighted by molar-refractivity contribution is 6.30. The summed E-state index contributed by atoms with van der Waals surface area (Å²) in [5, 5.41) is 0.479. The van der Waals surface area contributed by atoms with Gasteiger partial charge in [-0.2, -0.15) is 0 Å². The van der Waals surface area contributed by atoms with Crippen LogP contribution in [0.15, 0.2) is 24.3 Å². The molecule has 1 aromatic carbocycles. The van der Waals surface area contributed by atoms with Crippen LogP contribution in [0.25, 0.3) is 0 Å². The van der Waals surface area contributed by atoms with Crippen molar-refractivity contribution in [1.82, 2.24) is 9.80 Å². The summed E-state index contributed by atoms with van der Waals surface area (Å²) in [6.45, 7) is 1.75. The summed E-state index contributed by atoms with van der Waals surface area (Å²) in [5.74, 6) is -2.70. The van der Waals surface area contributed by atoms with E-state index < -0.39 is 31.0 Å². The molecule has 1 unspecified atom stereocenters. The number of hydrogen-bond donors (Lipinski definition) is 0. The zero-order valence-corrected chi connectivity index (χ0v) is 15.2. The van der Waals surface area contributed by atoms with Crippen molar-refractivity contribution >= 4 is 23.6 Å². The maximum atomic E-state index is 14.2. The standard InChI is InChI=1S/C18H21ClF2N2O3/c1-12-6-7-23(16(24)8-12)14-9-18(20,21)11-22(10-14)17(25)26-15-4-2-13(19)3-5-15/h2-5,12,14H,6-11H2,1H3/t12?,14-/m1/s1. The summed E-state index contributed by atoms with van der Waals surface area (Å²) in [6.07, 6.45) is -0.146. The van der Waals surface area contributed by atoms with E-state index in [1.54, 1.807) is 12.1 Å². The monoisotopic (exact) mass is 386 g/mol. The molecule has 3 rings (SSSR count). The van der Waals surface area contributed by atoms with Crippen LogP contribution in [0.5, 0.6) is 5.75 Å². The fourth-order valence-corrected chi connectivity index (χ4v) is 3.60. The fourth-order valence-electron chi connectivity index (χ4n) is 3.48. The van der Waals surface area contributed by atoms with Crippen molar-refractivity contribution in [1.29, 1.82) is 0 Å². The number of amides is 2. The Kier molecular flexibility index (Phi) is 5.37. The van der Waals surface area contributed by atoms with Crippen LogP contribution < -0.4 is 4.74 Å². The zero-order valence-electron chi connectivity index (χ0n) is 14.5. The molecule has 142 valence electrons.